The Balaban J connectivity index is 1.25. The normalized spacial score (nSPS) is 11.2. The summed E-state index contributed by atoms with van der Waals surface area (Å²) in [6.07, 6.45) is 4.96. The van der Waals surface area contributed by atoms with Gasteiger partial charge in [-0.05, 0) is 65.7 Å². The Morgan fingerprint density at radius 3 is 2.69 bits per heavy atom. The quantitative estimate of drug-likeness (QED) is 0.212. The van der Waals surface area contributed by atoms with Gasteiger partial charge < -0.3 is 15.0 Å². The molecule has 42 heavy (non-hydrogen) atoms. The molecule has 0 radical (unpaired) electrons. The van der Waals surface area contributed by atoms with E-state index in [0.717, 1.165) is 22.0 Å². The molecular formula is C32H22FN7O2. The predicted molar refractivity (Wildman–Crippen MR) is 159 cm³/mol. The van der Waals surface area contributed by atoms with Crippen LogP contribution in [0, 0.1) is 5.82 Å². The van der Waals surface area contributed by atoms with Crippen LogP contribution < -0.4 is 10.1 Å². The third kappa shape index (κ3) is 4.60. The summed E-state index contributed by atoms with van der Waals surface area (Å²) in [4.78, 5) is 29.7. The largest absolute Gasteiger partial charge is 0.497 e. The van der Waals surface area contributed by atoms with Crippen molar-refractivity contribution >= 4 is 33.7 Å². The highest BCUT2D eigenvalue weighted by atomic mass is 19.1. The molecule has 5 heterocycles. The number of nitrogens with zero attached hydrogens (tertiary/aromatic N) is 4. The molecule has 5 aromatic heterocycles. The van der Waals surface area contributed by atoms with Gasteiger partial charge in [-0.2, -0.15) is 5.10 Å². The Kier molecular flexibility index (Phi) is 6.12. The Labute approximate surface area is 238 Å². The number of methoxy groups -OCH3 is 1. The van der Waals surface area contributed by atoms with Crippen molar-refractivity contribution in [3.8, 4) is 39.5 Å². The van der Waals surface area contributed by atoms with Crippen LogP contribution in [0.25, 0.3) is 55.8 Å². The van der Waals surface area contributed by atoms with E-state index in [-0.39, 0.29) is 5.91 Å². The molecule has 10 heteroatoms. The summed E-state index contributed by atoms with van der Waals surface area (Å²) in [6, 6.07) is 22.9. The highest BCUT2D eigenvalue weighted by Crippen LogP contribution is 2.35. The number of H-pyrrole nitrogens is 2. The van der Waals surface area contributed by atoms with Gasteiger partial charge in [0.2, 0.25) is 0 Å². The first-order valence-corrected chi connectivity index (χ1v) is 13.1. The van der Waals surface area contributed by atoms with Crippen LogP contribution in [0.3, 0.4) is 0 Å². The van der Waals surface area contributed by atoms with Crippen molar-refractivity contribution in [3.05, 3.63) is 109 Å². The molecule has 0 unspecified atom stereocenters. The van der Waals surface area contributed by atoms with Gasteiger partial charge in [-0.3, -0.25) is 14.9 Å². The highest BCUT2D eigenvalue weighted by Gasteiger charge is 2.17. The number of anilines is 1. The Morgan fingerprint density at radius 2 is 1.83 bits per heavy atom. The minimum absolute atomic E-state index is 0.224. The van der Waals surface area contributed by atoms with Crippen LogP contribution in [0.4, 0.5) is 10.1 Å². The fourth-order valence-electron chi connectivity index (χ4n) is 4.93. The molecule has 1 amide bonds. The number of aromatic amines is 2. The number of carbonyl (C=O) groups excluding carboxylic acids is 1. The maximum absolute atomic E-state index is 14.3. The second kappa shape index (κ2) is 10.3. The molecular weight excluding hydrogens is 533 g/mol. The zero-order valence-electron chi connectivity index (χ0n) is 22.2. The molecule has 3 N–H and O–H groups in total. The lowest BCUT2D eigenvalue weighted by Gasteiger charge is -2.07. The lowest BCUT2D eigenvalue weighted by Crippen LogP contribution is -2.11. The molecule has 204 valence electrons. The third-order valence-corrected chi connectivity index (χ3v) is 6.94. The van der Waals surface area contributed by atoms with Crippen molar-refractivity contribution in [2.75, 3.05) is 12.4 Å². The number of fused-ring (bicyclic) bond motifs is 2. The van der Waals surface area contributed by atoms with E-state index in [1.165, 1.54) is 19.2 Å². The van der Waals surface area contributed by atoms with Crippen LogP contribution in [-0.4, -0.2) is 43.2 Å². The molecule has 0 saturated carbocycles. The molecule has 0 spiro atoms. The predicted octanol–water partition coefficient (Wildman–Crippen LogP) is 6.63. The van der Waals surface area contributed by atoms with Crippen LogP contribution in [0.15, 0.2) is 97.5 Å². The van der Waals surface area contributed by atoms with E-state index >= 15 is 0 Å². The van der Waals surface area contributed by atoms with Crippen LogP contribution in [0.5, 0.6) is 5.75 Å². The molecule has 0 aliphatic rings. The smallest absolute Gasteiger partial charge is 0.255 e. The number of hydrogen-bond donors (Lipinski definition) is 3. The van der Waals surface area contributed by atoms with Crippen LogP contribution in [0.2, 0.25) is 0 Å². The van der Waals surface area contributed by atoms with Crippen LogP contribution >= 0.6 is 0 Å². The van der Waals surface area contributed by atoms with E-state index < -0.39 is 5.82 Å². The van der Waals surface area contributed by atoms with Crippen molar-refractivity contribution in [1.82, 2.24) is 30.1 Å². The molecule has 0 aliphatic carbocycles. The average Bonchev–Trinajstić information content (AvgIpc) is 3.65. The van der Waals surface area contributed by atoms with Gasteiger partial charge in [-0.25, -0.2) is 14.4 Å². The lowest BCUT2D eigenvalue weighted by molar-refractivity contribution is 0.102. The highest BCUT2D eigenvalue weighted by molar-refractivity contribution is 6.04. The standard InChI is InChI=1S/C32H22FN7O2/c1-42-23-13-19(11-21(33)14-23)24-9-10-35-31-25(24)15-28(38-31)30-29-27(39-40-30)8-7-26(37-29)20-12-22(17-34-16-20)36-32(41)18-5-3-2-4-6-18/h2-17H,1H3,(H,35,38)(H,36,41)(H,39,40). The lowest BCUT2D eigenvalue weighted by atomic mass is 10.0. The third-order valence-electron chi connectivity index (χ3n) is 6.94. The van der Waals surface area contributed by atoms with E-state index in [1.807, 2.05) is 48.5 Å². The number of hydrogen-bond acceptors (Lipinski definition) is 6. The Bertz CT molecular complexity index is 2100. The number of pyridine rings is 3. The summed E-state index contributed by atoms with van der Waals surface area (Å²) in [7, 11) is 1.51. The van der Waals surface area contributed by atoms with E-state index in [0.29, 0.717) is 50.8 Å². The SMILES string of the molecule is COc1cc(F)cc(-c2ccnc3[nH]c(-c4n[nH]c5ccc(-c6cncc(NC(=O)c7ccccc7)c6)nc45)cc23)c1. The fraction of sp³-hybridized carbons (Fsp3) is 0.0312. The second-order valence-electron chi connectivity index (χ2n) is 9.63. The van der Waals surface area contributed by atoms with E-state index in [9.17, 15) is 9.18 Å². The number of nitrogens with one attached hydrogen (secondary N) is 3. The number of aromatic nitrogens is 6. The zero-order valence-corrected chi connectivity index (χ0v) is 22.2. The minimum Gasteiger partial charge on any atom is -0.497 e. The van der Waals surface area contributed by atoms with Gasteiger partial charge in [-0.15, -0.1) is 0 Å². The van der Waals surface area contributed by atoms with E-state index in [2.05, 4.69) is 30.5 Å². The van der Waals surface area contributed by atoms with Gasteiger partial charge in [0, 0.05) is 35.0 Å². The summed E-state index contributed by atoms with van der Waals surface area (Å²) in [5, 5.41) is 11.3. The molecule has 0 atom stereocenters. The van der Waals surface area contributed by atoms with Gasteiger partial charge in [0.1, 0.15) is 28.4 Å². The number of halogens is 1. The number of ether oxygens (including phenoxy) is 1. The summed E-state index contributed by atoms with van der Waals surface area (Å²) >= 11 is 0. The first-order valence-electron chi connectivity index (χ1n) is 13.1. The number of benzene rings is 2. The summed E-state index contributed by atoms with van der Waals surface area (Å²) in [6.45, 7) is 0. The average molecular weight is 556 g/mol. The van der Waals surface area contributed by atoms with Crippen LogP contribution in [-0.2, 0) is 0 Å². The minimum atomic E-state index is -0.390. The Hall–Kier alpha value is -5.90. The number of carbonyl (C=O) groups is 1. The number of amides is 1. The summed E-state index contributed by atoms with van der Waals surface area (Å²) in [5.41, 5.74) is 7.30. The van der Waals surface area contributed by atoms with Crippen molar-refractivity contribution < 1.29 is 13.9 Å². The second-order valence-corrected chi connectivity index (χ2v) is 9.63. The van der Waals surface area contributed by atoms with Gasteiger partial charge in [0.05, 0.1) is 35.9 Å². The van der Waals surface area contributed by atoms with Crippen molar-refractivity contribution in [2.45, 2.75) is 0 Å². The first kappa shape index (κ1) is 25.1. The van der Waals surface area contributed by atoms with Crippen molar-refractivity contribution in [3.63, 3.8) is 0 Å². The molecule has 7 rings (SSSR count). The first-order chi connectivity index (χ1) is 20.6. The van der Waals surface area contributed by atoms with Crippen LogP contribution in [0.1, 0.15) is 10.4 Å². The molecule has 7 aromatic rings. The summed E-state index contributed by atoms with van der Waals surface area (Å²) < 4.78 is 19.6. The van der Waals surface area contributed by atoms with Gasteiger partial charge >= 0.3 is 0 Å². The molecule has 0 bridgehead atoms. The molecule has 0 fully saturated rings. The molecule has 9 nitrogen and oxygen atoms in total. The van der Waals surface area contributed by atoms with Crippen molar-refractivity contribution in [1.29, 1.82) is 0 Å². The fourth-order valence-corrected chi connectivity index (χ4v) is 4.93. The van der Waals surface area contributed by atoms with Gasteiger partial charge in [0.15, 0.2) is 0 Å². The van der Waals surface area contributed by atoms with Crippen molar-refractivity contribution in [2.24, 2.45) is 0 Å². The zero-order chi connectivity index (χ0) is 28.6. The Morgan fingerprint density at radius 1 is 0.952 bits per heavy atom. The topological polar surface area (TPSA) is 121 Å². The maximum Gasteiger partial charge on any atom is 0.255 e. The molecule has 2 aromatic carbocycles. The molecule has 0 saturated heterocycles. The number of rotatable bonds is 6. The van der Waals surface area contributed by atoms with E-state index in [1.54, 1.807) is 36.8 Å². The summed E-state index contributed by atoms with van der Waals surface area (Å²) in [5.74, 6) is -0.184. The molecule has 0 aliphatic heterocycles. The van der Waals surface area contributed by atoms with Gasteiger partial charge in [0.25, 0.3) is 5.91 Å². The monoisotopic (exact) mass is 555 g/mol. The van der Waals surface area contributed by atoms with E-state index in [4.69, 9.17) is 9.72 Å². The van der Waals surface area contributed by atoms with Gasteiger partial charge in [-0.1, -0.05) is 18.2 Å². The maximum atomic E-state index is 14.3.